The van der Waals surface area contributed by atoms with Gasteiger partial charge < -0.3 is 20.3 Å². The zero-order valence-corrected chi connectivity index (χ0v) is 18.5. The predicted molar refractivity (Wildman–Crippen MR) is 121 cm³/mol. The number of aromatic hydroxyl groups is 1. The molecule has 1 amide bonds. The van der Waals surface area contributed by atoms with Crippen molar-refractivity contribution < 1.29 is 19.7 Å². The fourth-order valence-electron chi connectivity index (χ4n) is 5.90. The number of methoxy groups -OCH3 is 1. The Morgan fingerprint density at radius 2 is 1.81 bits per heavy atom. The van der Waals surface area contributed by atoms with E-state index in [-0.39, 0.29) is 23.6 Å². The zero-order valence-electron chi connectivity index (χ0n) is 18.5. The van der Waals surface area contributed by atoms with Crippen molar-refractivity contribution in [3.05, 3.63) is 59.7 Å². The number of ether oxygens (including phenoxy) is 1. The molecule has 2 aromatic carbocycles. The zero-order chi connectivity index (χ0) is 22.3. The molecule has 2 aliphatic carbocycles. The van der Waals surface area contributed by atoms with Crippen molar-refractivity contribution in [3.63, 3.8) is 0 Å². The van der Waals surface area contributed by atoms with Crippen molar-refractivity contribution >= 4 is 5.91 Å². The summed E-state index contributed by atoms with van der Waals surface area (Å²) in [6.07, 6.45) is 3.91. The number of phenols is 1. The molecule has 32 heavy (non-hydrogen) atoms. The standard InChI is InChI=1S/C26H32N2O4/c1-32-23-12-11-17(13-22(23)29)14-28-15-20-21(16-28)24(20)27-25(30)26(31,19-9-5-6-10-19)18-7-3-2-4-8-18/h2-4,7-8,11-13,19-21,24,29,31H,5-6,9-10,14-16H2,1H3,(H,27,30)/t20-,21+,24?,26?. The highest BCUT2D eigenvalue weighted by Crippen LogP contribution is 2.47. The number of nitrogens with one attached hydrogen (secondary N) is 1. The number of hydrogen-bond acceptors (Lipinski definition) is 5. The van der Waals surface area contributed by atoms with Gasteiger partial charge >= 0.3 is 0 Å². The quantitative estimate of drug-likeness (QED) is 0.622. The molecule has 3 aliphatic rings. The lowest BCUT2D eigenvalue weighted by Crippen LogP contribution is -2.50. The molecule has 2 unspecified atom stereocenters. The Balaban J connectivity index is 1.21. The topological polar surface area (TPSA) is 82.0 Å². The molecular weight excluding hydrogens is 404 g/mol. The van der Waals surface area contributed by atoms with Gasteiger partial charge in [0.2, 0.25) is 0 Å². The fourth-order valence-corrected chi connectivity index (χ4v) is 5.90. The molecule has 0 bridgehead atoms. The molecule has 170 valence electrons. The largest absolute Gasteiger partial charge is 0.504 e. The third-order valence-corrected chi connectivity index (χ3v) is 7.72. The van der Waals surface area contributed by atoms with Gasteiger partial charge in [-0.3, -0.25) is 9.69 Å². The predicted octanol–water partition coefficient (Wildman–Crippen LogP) is 3.03. The van der Waals surface area contributed by atoms with Crippen molar-refractivity contribution in [1.29, 1.82) is 0 Å². The average Bonchev–Trinajstić information content (AvgIpc) is 3.22. The van der Waals surface area contributed by atoms with E-state index in [1.807, 2.05) is 36.4 Å². The number of rotatable bonds is 7. The number of amides is 1. The van der Waals surface area contributed by atoms with Gasteiger partial charge in [-0.2, -0.15) is 0 Å². The van der Waals surface area contributed by atoms with Crippen LogP contribution in [0.2, 0.25) is 0 Å². The van der Waals surface area contributed by atoms with E-state index < -0.39 is 5.60 Å². The van der Waals surface area contributed by atoms with Crippen molar-refractivity contribution in [3.8, 4) is 11.5 Å². The summed E-state index contributed by atoms with van der Waals surface area (Å²) in [5, 5.41) is 24.9. The number of hydrogen-bond donors (Lipinski definition) is 3. The number of carbonyl (C=O) groups excluding carboxylic acids is 1. The third kappa shape index (κ3) is 3.76. The van der Waals surface area contributed by atoms with Gasteiger partial charge in [-0.05, 0) is 47.9 Å². The molecule has 1 heterocycles. The summed E-state index contributed by atoms with van der Waals surface area (Å²) in [5.41, 5.74) is 0.301. The molecule has 0 aromatic heterocycles. The number of fused-ring (bicyclic) bond motifs is 1. The lowest BCUT2D eigenvalue weighted by atomic mass is 9.79. The monoisotopic (exact) mass is 436 g/mol. The van der Waals surface area contributed by atoms with E-state index >= 15 is 0 Å². The van der Waals surface area contributed by atoms with Crippen molar-refractivity contribution in [2.45, 2.75) is 43.9 Å². The molecule has 2 aromatic rings. The number of carbonyl (C=O) groups is 1. The number of likely N-dealkylation sites (tertiary alicyclic amines) is 1. The van der Waals surface area contributed by atoms with Crippen molar-refractivity contribution in [2.24, 2.45) is 17.8 Å². The van der Waals surface area contributed by atoms with Crippen LogP contribution in [0.15, 0.2) is 48.5 Å². The van der Waals surface area contributed by atoms with E-state index in [2.05, 4.69) is 10.2 Å². The van der Waals surface area contributed by atoms with Gasteiger partial charge in [0.05, 0.1) is 7.11 Å². The van der Waals surface area contributed by atoms with Crippen LogP contribution in [0.25, 0.3) is 0 Å². The van der Waals surface area contributed by atoms with Gasteiger partial charge in [-0.15, -0.1) is 0 Å². The Hall–Kier alpha value is -2.57. The minimum atomic E-state index is -1.45. The second-order valence-electron chi connectivity index (χ2n) is 9.64. The first-order valence-electron chi connectivity index (χ1n) is 11.7. The van der Waals surface area contributed by atoms with Crippen LogP contribution < -0.4 is 10.1 Å². The number of nitrogens with zero attached hydrogens (tertiary/aromatic N) is 1. The molecule has 0 spiro atoms. The summed E-state index contributed by atoms with van der Waals surface area (Å²) in [4.78, 5) is 15.8. The summed E-state index contributed by atoms with van der Waals surface area (Å²) in [7, 11) is 1.54. The molecular formula is C26H32N2O4. The van der Waals surface area contributed by atoms with E-state index in [1.165, 1.54) is 0 Å². The van der Waals surface area contributed by atoms with Crippen molar-refractivity contribution in [2.75, 3.05) is 20.2 Å². The summed E-state index contributed by atoms with van der Waals surface area (Å²) in [6, 6.07) is 15.1. The number of benzene rings is 2. The van der Waals surface area contributed by atoms with Crippen molar-refractivity contribution in [1.82, 2.24) is 10.2 Å². The van der Waals surface area contributed by atoms with Crippen LogP contribution in [0.5, 0.6) is 11.5 Å². The molecule has 0 radical (unpaired) electrons. The van der Waals surface area contributed by atoms with Gasteiger partial charge in [0.1, 0.15) is 0 Å². The SMILES string of the molecule is COc1ccc(CN2C[C@@H]3C(NC(=O)C(O)(c4ccccc4)C4CCCC4)[C@@H]3C2)cc1O. The summed E-state index contributed by atoms with van der Waals surface area (Å²) in [5.74, 6) is 1.23. The molecule has 2 saturated carbocycles. The van der Waals surface area contributed by atoms with Crippen LogP contribution >= 0.6 is 0 Å². The maximum atomic E-state index is 13.4. The Kier molecular flexibility index (Phi) is 5.59. The fraction of sp³-hybridized carbons (Fsp3) is 0.500. The molecule has 6 heteroatoms. The first-order valence-corrected chi connectivity index (χ1v) is 11.7. The van der Waals surface area contributed by atoms with Gasteiger partial charge in [0.15, 0.2) is 17.1 Å². The van der Waals surface area contributed by atoms with Gasteiger partial charge in [0.25, 0.3) is 5.91 Å². The minimum absolute atomic E-state index is 0.0252. The molecule has 6 nitrogen and oxygen atoms in total. The van der Waals surface area contributed by atoms with E-state index in [0.717, 1.165) is 50.9 Å². The van der Waals surface area contributed by atoms with Crippen LogP contribution in [0.3, 0.4) is 0 Å². The number of phenolic OH excluding ortho intramolecular Hbond substituents is 1. The highest BCUT2D eigenvalue weighted by molar-refractivity contribution is 5.87. The molecule has 3 N–H and O–H groups in total. The molecule has 4 atom stereocenters. The smallest absolute Gasteiger partial charge is 0.257 e. The molecule has 5 rings (SSSR count). The second-order valence-corrected chi connectivity index (χ2v) is 9.64. The lowest BCUT2D eigenvalue weighted by molar-refractivity contribution is -0.147. The van der Waals surface area contributed by atoms with E-state index in [1.54, 1.807) is 19.2 Å². The lowest BCUT2D eigenvalue weighted by Gasteiger charge is -2.33. The normalized spacial score (nSPS) is 27.0. The molecule has 3 fully saturated rings. The van der Waals surface area contributed by atoms with Gasteiger partial charge in [0, 0.05) is 31.6 Å². The van der Waals surface area contributed by atoms with E-state index in [4.69, 9.17) is 4.74 Å². The Morgan fingerprint density at radius 3 is 2.44 bits per heavy atom. The maximum absolute atomic E-state index is 13.4. The minimum Gasteiger partial charge on any atom is -0.504 e. The maximum Gasteiger partial charge on any atom is 0.257 e. The third-order valence-electron chi connectivity index (χ3n) is 7.72. The van der Waals surface area contributed by atoms with Gasteiger partial charge in [-0.25, -0.2) is 0 Å². The summed E-state index contributed by atoms with van der Waals surface area (Å²) < 4.78 is 5.12. The highest BCUT2D eigenvalue weighted by Gasteiger charge is 2.58. The van der Waals surface area contributed by atoms with Crippen LogP contribution in [0.4, 0.5) is 0 Å². The van der Waals surface area contributed by atoms with Crippen LogP contribution in [0, 0.1) is 17.8 Å². The Morgan fingerprint density at radius 1 is 1.12 bits per heavy atom. The first-order chi connectivity index (χ1) is 15.5. The van der Waals surface area contributed by atoms with Crippen LogP contribution in [0.1, 0.15) is 36.8 Å². The number of piperidine rings is 1. The first kappa shape index (κ1) is 21.3. The van der Waals surface area contributed by atoms with Gasteiger partial charge in [-0.1, -0.05) is 49.2 Å². The summed E-state index contributed by atoms with van der Waals surface area (Å²) in [6.45, 7) is 2.59. The Labute approximate surface area is 189 Å². The highest BCUT2D eigenvalue weighted by atomic mass is 16.5. The van der Waals surface area contributed by atoms with Crippen LogP contribution in [-0.4, -0.2) is 47.3 Å². The number of aliphatic hydroxyl groups is 1. The second kappa shape index (κ2) is 8.41. The Bertz CT molecular complexity index is 963. The molecule has 1 aliphatic heterocycles. The van der Waals surface area contributed by atoms with E-state index in [9.17, 15) is 15.0 Å². The van der Waals surface area contributed by atoms with E-state index in [0.29, 0.717) is 23.1 Å². The average molecular weight is 437 g/mol. The van der Waals surface area contributed by atoms with Crippen LogP contribution in [-0.2, 0) is 16.9 Å². The summed E-state index contributed by atoms with van der Waals surface area (Å²) >= 11 is 0. The molecule has 1 saturated heterocycles.